The number of nitrogens with one attached hydrogen (secondary N) is 1. The fraction of sp³-hybridized carbons (Fsp3) is 0.667. The number of thiophene rings is 1. The molecule has 3 rings (SSSR count). The second-order valence-corrected chi connectivity index (χ2v) is 9.20. The second-order valence-electron chi connectivity index (χ2n) is 6.03. The molecule has 0 radical (unpaired) electrons. The van der Waals surface area contributed by atoms with Gasteiger partial charge in [0.15, 0.2) is 0 Å². The molecule has 0 unspecified atom stereocenters. The van der Waals surface area contributed by atoms with Crippen molar-refractivity contribution in [3.63, 3.8) is 0 Å². The van der Waals surface area contributed by atoms with E-state index in [1.54, 1.807) is 6.92 Å². The molecular weight excluding hydrogens is 320 g/mol. The van der Waals surface area contributed by atoms with Crippen LogP contribution < -0.4 is 5.32 Å². The van der Waals surface area contributed by atoms with Gasteiger partial charge in [-0.25, -0.2) is 12.7 Å². The van der Waals surface area contributed by atoms with Crippen LogP contribution in [0.5, 0.6) is 0 Å². The summed E-state index contributed by atoms with van der Waals surface area (Å²) in [5.74, 6) is 0.724. The van der Waals surface area contributed by atoms with E-state index in [2.05, 4.69) is 11.4 Å². The lowest BCUT2D eigenvalue weighted by Gasteiger charge is -2.31. The van der Waals surface area contributed by atoms with E-state index in [-0.39, 0.29) is 17.7 Å². The summed E-state index contributed by atoms with van der Waals surface area (Å²) in [6.07, 6.45) is 3.75. The van der Waals surface area contributed by atoms with Crippen molar-refractivity contribution in [1.29, 1.82) is 0 Å². The second kappa shape index (κ2) is 6.29. The third-order valence-electron chi connectivity index (χ3n) is 4.47. The highest BCUT2D eigenvalue weighted by atomic mass is 32.2. The molecule has 1 amide bonds. The van der Waals surface area contributed by atoms with Gasteiger partial charge in [-0.1, -0.05) is 0 Å². The fourth-order valence-electron chi connectivity index (χ4n) is 2.93. The van der Waals surface area contributed by atoms with E-state index < -0.39 is 10.0 Å². The van der Waals surface area contributed by atoms with Crippen LogP contribution in [0.3, 0.4) is 0 Å². The zero-order chi connectivity index (χ0) is 15.7. The number of hydrogen-bond donors (Lipinski definition) is 1. The van der Waals surface area contributed by atoms with Gasteiger partial charge in [-0.05, 0) is 55.5 Å². The third kappa shape index (κ3) is 3.36. The molecule has 1 aliphatic heterocycles. The molecule has 122 valence electrons. The Morgan fingerprint density at radius 3 is 2.59 bits per heavy atom. The van der Waals surface area contributed by atoms with E-state index in [0.29, 0.717) is 31.8 Å². The molecule has 0 bridgehead atoms. The number of sulfonamides is 1. The Hall–Kier alpha value is -0.920. The molecule has 5 nitrogen and oxygen atoms in total. The van der Waals surface area contributed by atoms with Gasteiger partial charge in [0.25, 0.3) is 5.91 Å². The Bertz CT molecular complexity index is 641. The first kappa shape index (κ1) is 16.0. The molecule has 0 aromatic carbocycles. The van der Waals surface area contributed by atoms with Gasteiger partial charge >= 0.3 is 0 Å². The number of amides is 1. The number of carbonyl (C=O) groups excluding carboxylic acids is 1. The first-order chi connectivity index (χ1) is 10.5. The number of nitrogens with zero attached hydrogens (tertiary/aromatic N) is 1. The molecule has 2 fully saturated rings. The van der Waals surface area contributed by atoms with Crippen molar-refractivity contribution < 1.29 is 13.2 Å². The Balaban J connectivity index is 1.56. The maximum Gasteiger partial charge on any atom is 0.261 e. The third-order valence-corrected chi connectivity index (χ3v) is 7.28. The van der Waals surface area contributed by atoms with Gasteiger partial charge in [-0.3, -0.25) is 4.79 Å². The summed E-state index contributed by atoms with van der Waals surface area (Å²) < 4.78 is 25.2. The molecular formula is C15H22N2O3S2. The smallest absolute Gasteiger partial charge is 0.261 e. The van der Waals surface area contributed by atoms with Crippen LogP contribution in [0.1, 0.15) is 53.8 Å². The molecule has 0 atom stereocenters. The molecule has 1 aromatic rings. The number of piperidine rings is 1. The van der Waals surface area contributed by atoms with Gasteiger partial charge in [0.05, 0.1) is 10.6 Å². The summed E-state index contributed by atoms with van der Waals surface area (Å²) in [4.78, 5) is 13.3. The Labute approximate surface area is 135 Å². The SMILES string of the molecule is CCS(=O)(=O)N1CCC(NC(=O)c2sccc2C2CC2)CC1. The summed E-state index contributed by atoms with van der Waals surface area (Å²) in [7, 11) is -3.10. The van der Waals surface area contributed by atoms with Gasteiger partial charge in [0, 0.05) is 19.1 Å². The monoisotopic (exact) mass is 342 g/mol. The average molecular weight is 342 g/mol. The topological polar surface area (TPSA) is 66.5 Å². The van der Waals surface area contributed by atoms with Crippen LogP contribution in [-0.2, 0) is 10.0 Å². The Morgan fingerprint density at radius 2 is 2.00 bits per heavy atom. The van der Waals surface area contributed by atoms with E-state index in [1.807, 2.05) is 5.38 Å². The molecule has 2 heterocycles. The predicted octanol–water partition coefficient (Wildman–Crippen LogP) is 2.17. The largest absolute Gasteiger partial charge is 0.349 e. The van der Waals surface area contributed by atoms with Gasteiger partial charge in [-0.15, -0.1) is 11.3 Å². The van der Waals surface area contributed by atoms with Gasteiger partial charge in [-0.2, -0.15) is 0 Å². The van der Waals surface area contributed by atoms with Crippen molar-refractivity contribution in [3.05, 3.63) is 21.9 Å². The van der Waals surface area contributed by atoms with E-state index in [0.717, 1.165) is 4.88 Å². The molecule has 2 aliphatic rings. The minimum absolute atomic E-state index is 0.00805. The van der Waals surface area contributed by atoms with Gasteiger partial charge in [0.1, 0.15) is 0 Å². The van der Waals surface area contributed by atoms with Gasteiger partial charge < -0.3 is 5.32 Å². The quantitative estimate of drug-likeness (QED) is 0.892. The predicted molar refractivity (Wildman–Crippen MR) is 87.8 cm³/mol. The molecule has 1 aliphatic carbocycles. The van der Waals surface area contributed by atoms with Crippen LogP contribution >= 0.6 is 11.3 Å². The zero-order valence-electron chi connectivity index (χ0n) is 12.7. The van der Waals surface area contributed by atoms with Crippen molar-refractivity contribution in [3.8, 4) is 0 Å². The summed E-state index contributed by atoms with van der Waals surface area (Å²) in [5.41, 5.74) is 1.19. The van der Waals surface area contributed by atoms with Crippen molar-refractivity contribution in [2.75, 3.05) is 18.8 Å². The molecule has 22 heavy (non-hydrogen) atoms. The number of carbonyl (C=O) groups is 1. The first-order valence-corrected chi connectivity index (χ1v) is 10.4. The summed E-state index contributed by atoms with van der Waals surface area (Å²) in [6.45, 7) is 2.67. The standard InChI is InChI=1S/C15H22N2O3S2/c1-2-22(19,20)17-8-5-12(6-9-17)16-15(18)14-13(7-10-21-14)11-3-4-11/h7,10-12H,2-6,8-9H2,1H3,(H,16,18). The summed E-state index contributed by atoms with van der Waals surface area (Å²) >= 11 is 1.50. The normalized spacial score (nSPS) is 21.0. The van der Waals surface area contributed by atoms with Crippen LogP contribution in [0.25, 0.3) is 0 Å². The van der Waals surface area contributed by atoms with Crippen molar-refractivity contribution in [2.24, 2.45) is 0 Å². The lowest BCUT2D eigenvalue weighted by Crippen LogP contribution is -2.46. The maximum atomic E-state index is 12.4. The average Bonchev–Trinajstić information content (AvgIpc) is 3.24. The lowest BCUT2D eigenvalue weighted by atomic mass is 10.1. The minimum atomic E-state index is -3.10. The van der Waals surface area contributed by atoms with E-state index in [4.69, 9.17) is 0 Å². The highest BCUT2D eigenvalue weighted by molar-refractivity contribution is 7.89. The molecule has 1 aromatic heterocycles. The zero-order valence-corrected chi connectivity index (χ0v) is 14.4. The fourth-order valence-corrected chi connectivity index (χ4v) is 4.95. The van der Waals surface area contributed by atoms with Crippen molar-refractivity contribution in [2.45, 2.75) is 44.6 Å². The van der Waals surface area contributed by atoms with Crippen molar-refractivity contribution in [1.82, 2.24) is 9.62 Å². The van der Waals surface area contributed by atoms with E-state index in [1.165, 1.54) is 34.0 Å². The molecule has 0 spiro atoms. The molecule has 1 saturated carbocycles. The summed E-state index contributed by atoms with van der Waals surface area (Å²) in [6, 6.07) is 2.14. The van der Waals surface area contributed by atoms with Crippen LogP contribution in [0.2, 0.25) is 0 Å². The number of hydrogen-bond acceptors (Lipinski definition) is 4. The Morgan fingerprint density at radius 1 is 1.32 bits per heavy atom. The van der Waals surface area contributed by atoms with Crippen LogP contribution in [0.4, 0.5) is 0 Å². The number of rotatable bonds is 5. The molecule has 7 heteroatoms. The summed E-state index contributed by atoms with van der Waals surface area (Å²) in [5, 5.41) is 5.07. The van der Waals surface area contributed by atoms with E-state index >= 15 is 0 Å². The minimum Gasteiger partial charge on any atom is -0.349 e. The first-order valence-electron chi connectivity index (χ1n) is 7.87. The van der Waals surface area contributed by atoms with Gasteiger partial charge in [0.2, 0.25) is 10.0 Å². The Kier molecular flexibility index (Phi) is 4.56. The lowest BCUT2D eigenvalue weighted by molar-refractivity contribution is 0.0927. The van der Waals surface area contributed by atoms with Crippen LogP contribution in [-0.4, -0.2) is 43.5 Å². The highest BCUT2D eigenvalue weighted by Crippen LogP contribution is 2.43. The maximum absolute atomic E-state index is 12.4. The van der Waals surface area contributed by atoms with Crippen LogP contribution in [0.15, 0.2) is 11.4 Å². The molecule has 1 N–H and O–H groups in total. The van der Waals surface area contributed by atoms with Crippen molar-refractivity contribution >= 4 is 27.3 Å². The highest BCUT2D eigenvalue weighted by Gasteiger charge is 2.31. The van der Waals surface area contributed by atoms with E-state index in [9.17, 15) is 13.2 Å². The molecule has 1 saturated heterocycles. The van der Waals surface area contributed by atoms with Crippen LogP contribution in [0, 0.1) is 0 Å².